The highest BCUT2D eigenvalue weighted by atomic mass is 19.3. The van der Waals surface area contributed by atoms with E-state index in [9.17, 15) is 18.0 Å². The average molecular weight is 532 g/mol. The lowest BCUT2D eigenvalue weighted by atomic mass is 9.94. The van der Waals surface area contributed by atoms with Crippen molar-refractivity contribution in [3.05, 3.63) is 95.1 Å². The van der Waals surface area contributed by atoms with Crippen LogP contribution in [0.2, 0.25) is 0 Å². The predicted molar refractivity (Wildman–Crippen MR) is 144 cm³/mol. The number of halogens is 3. The molecule has 1 aliphatic carbocycles. The van der Waals surface area contributed by atoms with E-state index in [1.165, 1.54) is 12.1 Å². The van der Waals surface area contributed by atoms with Crippen LogP contribution in [0.1, 0.15) is 65.5 Å². The van der Waals surface area contributed by atoms with Crippen molar-refractivity contribution in [3.8, 4) is 0 Å². The fourth-order valence-electron chi connectivity index (χ4n) is 5.34. The molecule has 0 bridgehead atoms. The zero-order valence-electron chi connectivity index (χ0n) is 21.2. The van der Waals surface area contributed by atoms with Crippen molar-refractivity contribution in [1.29, 1.82) is 5.41 Å². The van der Waals surface area contributed by atoms with Gasteiger partial charge in [-0.25, -0.2) is 9.37 Å². The number of anilines is 1. The molecule has 9 heteroatoms. The first-order chi connectivity index (χ1) is 18.9. The van der Waals surface area contributed by atoms with Crippen LogP contribution in [0.15, 0.2) is 66.7 Å². The number of rotatable bonds is 7. The Bertz CT molecular complexity index is 1550. The molecule has 1 aromatic heterocycles. The van der Waals surface area contributed by atoms with Gasteiger partial charge in [0.25, 0.3) is 5.91 Å². The summed E-state index contributed by atoms with van der Waals surface area (Å²) in [5, 5.41) is 12.2. The number of fused-ring (bicyclic) bond motifs is 1. The van der Waals surface area contributed by atoms with Gasteiger partial charge in [0.15, 0.2) is 0 Å². The molecule has 2 fully saturated rings. The van der Waals surface area contributed by atoms with E-state index in [1.807, 2.05) is 6.07 Å². The molecule has 3 aromatic carbocycles. The topological polar surface area (TPSA) is 74.0 Å². The van der Waals surface area contributed by atoms with Gasteiger partial charge < -0.3 is 10.2 Å². The van der Waals surface area contributed by atoms with Gasteiger partial charge in [-0.1, -0.05) is 24.3 Å². The van der Waals surface area contributed by atoms with Crippen LogP contribution in [-0.4, -0.2) is 45.2 Å². The number of carbonyl (C=O) groups is 1. The van der Waals surface area contributed by atoms with Crippen molar-refractivity contribution in [3.63, 3.8) is 0 Å². The van der Waals surface area contributed by atoms with Crippen LogP contribution in [0.3, 0.4) is 0 Å². The Hall–Kier alpha value is -4.14. The Morgan fingerprint density at radius 1 is 0.949 bits per heavy atom. The van der Waals surface area contributed by atoms with E-state index in [0.29, 0.717) is 65.5 Å². The molecule has 6 nitrogen and oxygen atoms in total. The van der Waals surface area contributed by atoms with E-state index in [-0.39, 0.29) is 17.5 Å². The van der Waals surface area contributed by atoms with E-state index in [4.69, 9.17) is 5.41 Å². The molecule has 2 heterocycles. The van der Waals surface area contributed by atoms with Gasteiger partial charge in [-0.3, -0.25) is 14.8 Å². The zero-order valence-corrected chi connectivity index (χ0v) is 21.2. The van der Waals surface area contributed by atoms with Gasteiger partial charge in [-0.15, -0.1) is 0 Å². The number of amides is 1. The number of benzene rings is 3. The number of hydrogen-bond acceptors (Lipinski definition) is 4. The summed E-state index contributed by atoms with van der Waals surface area (Å²) in [4.78, 5) is 19.7. The Morgan fingerprint density at radius 3 is 2.44 bits per heavy atom. The molecule has 2 aliphatic rings. The number of alkyl halides is 2. The number of nitrogens with one attached hydrogen (secondary N) is 2. The largest absolute Gasteiger partial charge is 0.382 e. The number of carbonyl (C=O) groups excluding carboxylic acids is 1. The summed E-state index contributed by atoms with van der Waals surface area (Å²) in [5.41, 5.74) is 3.24. The molecule has 6 rings (SSSR count). The van der Waals surface area contributed by atoms with Crippen molar-refractivity contribution in [1.82, 2.24) is 14.5 Å². The van der Waals surface area contributed by atoms with E-state index < -0.39 is 12.4 Å². The summed E-state index contributed by atoms with van der Waals surface area (Å²) in [6.07, 6.45) is 3.13. The smallest absolute Gasteiger partial charge is 0.320 e. The van der Waals surface area contributed by atoms with E-state index >= 15 is 0 Å². The molecule has 0 spiro atoms. The highest BCUT2D eigenvalue weighted by Crippen LogP contribution is 2.34. The normalized spacial score (nSPS) is 16.2. The Labute approximate surface area is 224 Å². The van der Waals surface area contributed by atoms with Crippen molar-refractivity contribution < 1.29 is 18.0 Å². The molecular weight excluding hydrogens is 503 g/mol. The molecule has 0 radical (unpaired) electrons. The third-order valence-electron chi connectivity index (χ3n) is 7.55. The van der Waals surface area contributed by atoms with Gasteiger partial charge >= 0.3 is 6.55 Å². The Kier molecular flexibility index (Phi) is 6.58. The molecule has 1 saturated heterocycles. The van der Waals surface area contributed by atoms with Crippen LogP contribution < -0.4 is 5.32 Å². The van der Waals surface area contributed by atoms with Gasteiger partial charge in [0, 0.05) is 47.4 Å². The maximum atomic E-state index is 14.0. The lowest BCUT2D eigenvalue weighted by molar-refractivity contribution is 0.0634. The lowest BCUT2D eigenvalue weighted by Gasteiger charge is -2.32. The lowest BCUT2D eigenvalue weighted by Crippen LogP contribution is -2.38. The second-order valence-corrected chi connectivity index (χ2v) is 10.2. The molecule has 2 N–H and O–H groups in total. The van der Waals surface area contributed by atoms with Crippen LogP contribution in [0, 0.1) is 11.2 Å². The van der Waals surface area contributed by atoms with Crippen molar-refractivity contribution in [2.45, 2.75) is 44.2 Å². The first-order valence-electron chi connectivity index (χ1n) is 13.2. The second-order valence-electron chi connectivity index (χ2n) is 10.2. The fourth-order valence-corrected chi connectivity index (χ4v) is 5.34. The summed E-state index contributed by atoms with van der Waals surface area (Å²) in [7, 11) is 0. The van der Waals surface area contributed by atoms with Crippen LogP contribution in [-0.2, 0) is 0 Å². The fraction of sp³-hybridized carbons (Fsp3) is 0.300. The van der Waals surface area contributed by atoms with E-state index in [0.717, 1.165) is 23.1 Å². The monoisotopic (exact) mass is 531 g/mol. The van der Waals surface area contributed by atoms with E-state index in [2.05, 4.69) is 10.3 Å². The molecule has 0 unspecified atom stereocenters. The first-order valence-corrected chi connectivity index (χ1v) is 13.2. The summed E-state index contributed by atoms with van der Waals surface area (Å²) in [6.45, 7) is -1.87. The molecule has 39 heavy (non-hydrogen) atoms. The summed E-state index contributed by atoms with van der Waals surface area (Å²) >= 11 is 0. The van der Waals surface area contributed by atoms with Crippen LogP contribution in [0.25, 0.3) is 11.0 Å². The number of nitrogens with zero attached hydrogens (tertiary/aromatic N) is 3. The molecule has 1 aliphatic heterocycles. The standard InChI is InChI=1S/C30H28F3N5O/c31-21-5-3-4-19(16-21)27(34)23-17-20(8-11-24(23)35-22-9-10-22)29(39)37-14-12-18(13-15-37)28-36-25-6-1-2-7-26(25)38(28)30(32)33/h1-8,11,16-18,22,30,34-35H,9-10,12-15H2. The van der Waals surface area contributed by atoms with Crippen molar-refractivity contribution in [2.24, 2.45) is 0 Å². The van der Waals surface area contributed by atoms with Crippen molar-refractivity contribution in [2.75, 3.05) is 18.4 Å². The number of imidazole rings is 1. The van der Waals surface area contributed by atoms with Gasteiger partial charge in [0.2, 0.25) is 0 Å². The maximum Gasteiger partial charge on any atom is 0.320 e. The summed E-state index contributed by atoms with van der Waals surface area (Å²) < 4.78 is 42.8. The minimum Gasteiger partial charge on any atom is -0.382 e. The summed E-state index contributed by atoms with van der Waals surface area (Å²) in [5.74, 6) is -0.427. The van der Waals surface area contributed by atoms with Gasteiger partial charge in [0.1, 0.15) is 11.6 Å². The average Bonchev–Trinajstić information content (AvgIpc) is 3.68. The highest BCUT2D eigenvalue weighted by molar-refractivity contribution is 6.15. The van der Waals surface area contributed by atoms with Crippen molar-refractivity contribution >= 4 is 28.3 Å². The maximum absolute atomic E-state index is 14.0. The van der Waals surface area contributed by atoms with Crippen LogP contribution >= 0.6 is 0 Å². The van der Waals surface area contributed by atoms with E-state index in [1.54, 1.807) is 53.4 Å². The highest BCUT2D eigenvalue weighted by Gasteiger charge is 2.31. The minimum atomic E-state index is -2.69. The minimum absolute atomic E-state index is 0.136. The predicted octanol–water partition coefficient (Wildman–Crippen LogP) is 6.58. The zero-order chi connectivity index (χ0) is 27.1. The van der Waals surface area contributed by atoms with Crippen LogP contribution in [0.5, 0.6) is 0 Å². The third kappa shape index (κ3) is 5.01. The quantitative estimate of drug-likeness (QED) is 0.265. The first kappa shape index (κ1) is 25.2. The third-order valence-corrected chi connectivity index (χ3v) is 7.55. The number of likely N-dealkylation sites (tertiary alicyclic amines) is 1. The molecule has 200 valence electrons. The molecule has 4 aromatic rings. The SMILES string of the molecule is N=C(c1cccc(F)c1)c1cc(C(=O)N2CCC(c3nc4ccccc4n3C(F)F)CC2)ccc1NC1CC1. The van der Waals surface area contributed by atoms with Gasteiger partial charge in [-0.05, 0) is 68.1 Å². The molecule has 1 saturated carbocycles. The summed E-state index contributed by atoms with van der Waals surface area (Å²) in [6, 6.07) is 18.4. The molecule has 1 amide bonds. The number of piperidine rings is 1. The second kappa shape index (κ2) is 10.2. The Morgan fingerprint density at radius 2 is 1.72 bits per heavy atom. The Balaban J connectivity index is 1.22. The number of para-hydroxylation sites is 2. The van der Waals surface area contributed by atoms with Crippen LogP contribution in [0.4, 0.5) is 18.9 Å². The number of aromatic nitrogens is 2. The number of hydrogen-bond donors (Lipinski definition) is 2. The molecule has 0 atom stereocenters. The molecular formula is C30H28F3N5O. The van der Waals surface area contributed by atoms with Gasteiger partial charge in [0.05, 0.1) is 16.7 Å². The van der Waals surface area contributed by atoms with Gasteiger partial charge in [-0.2, -0.15) is 8.78 Å².